The smallest absolute Gasteiger partial charge is 0.131 e. The first-order valence-electron chi connectivity index (χ1n) is 6.39. The molecule has 0 spiro atoms. The van der Waals surface area contributed by atoms with E-state index in [9.17, 15) is 8.78 Å². The first-order chi connectivity index (χ1) is 9.20. The molecule has 1 heterocycles. The quantitative estimate of drug-likeness (QED) is 0.898. The van der Waals surface area contributed by atoms with Crippen LogP contribution in [0.1, 0.15) is 24.0 Å². The summed E-state index contributed by atoms with van der Waals surface area (Å²) in [5.74, 6) is -1.09. The third-order valence-electron chi connectivity index (χ3n) is 3.21. The molecule has 3 rings (SSSR count). The van der Waals surface area contributed by atoms with Gasteiger partial charge in [0.05, 0.1) is 12.7 Å². The van der Waals surface area contributed by atoms with Gasteiger partial charge in [0.25, 0.3) is 0 Å². The Morgan fingerprint density at radius 3 is 2.89 bits per heavy atom. The minimum absolute atomic E-state index is 0.315. The minimum atomic E-state index is -0.559. The van der Waals surface area contributed by atoms with Gasteiger partial charge in [-0.15, -0.1) is 0 Å². The van der Waals surface area contributed by atoms with E-state index in [1.165, 1.54) is 25.0 Å². The predicted molar refractivity (Wildman–Crippen MR) is 67.5 cm³/mol. The van der Waals surface area contributed by atoms with Gasteiger partial charge in [0.1, 0.15) is 11.6 Å². The second-order valence-corrected chi connectivity index (χ2v) is 4.94. The third-order valence-corrected chi connectivity index (χ3v) is 3.21. The molecule has 0 saturated heterocycles. The Kier molecular flexibility index (Phi) is 3.29. The summed E-state index contributed by atoms with van der Waals surface area (Å²) in [6.45, 7) is 1.10. The van der Waals surface area contributed by atoms with Crippen LogP contribution in [0, 0.1) is 11.6 Å². The topological polar surface area (TPSA) is 29.9 Å². The van der Waals surface area contributed by atoms with Crippen molar-refractivity contribution in [3.63, 3.8) is 0 Å². The van der Waals surface area contributed by atoms with Crippen LogP contribution in [0.2, 0.25) is 0 Å². The minimum Gasteiger partial charge on any atom is -0.310 e. The molecular weight excluding hydrogens is 248 g/mol. The van der Waals surface area contributed by atoms with Crippen molar-refractivity contribution in [1.82, 2.24) is 15.1 Å². The molecule has 1 N–H and O–H groups in total. The molecule has 0 bridgehead atoms. The van der Waals surface area contributed by atoms with E-state index in [4.69, 9.17) is 0 Å². The summed E-state index contributed by atoms with van der Waals surface area (Å²) >= 11 is 0. The lowest BCUT2D eigenvalue weighted by Gasteiger charge is -2.03. The maximum atomic E-state index is 13.5. The highest BCUT2D eigenvalue weighted by Gasteiger charge is 2.20. The van der Waals surface area contributed by atoms with Crippen molar-refractivity contribution >= 4 is 0 Å². The number of halogens is 2. The maximum absolute atomic E-state index is 13.5. The summed E-state index contributed by atoms with van der Waals surface area (Å²) in [6.07, 6.45) is 6.15. The lowest BCUT2D eigenvalue weighted by atomic mass is 10.2. The Bertz CT molecular complexity index is 576. The van der Waals surface area contributed by atoms with Gasteiger partial charge in [-0.05, 0) is 18.9 Å². The van der Waals surface area contributed by atoms with Crippen LogP contribution in [-0.4, -0.2) is 15.8 Å². The van der Waals surface area contributed by atoms with Gasteiger partial charge in [-0.3, -0.25) is 4.68 Å². The van der Waals surface area contributed by atoms with Gasteiger partial charge < -0.3 is 5.32 Å². The van der Waals surface area contributed by atoms with E-state index in [1.807, 2.05) is 6.20 Å². The highest BCUT2D eigenvalue weighted by atomic mass is 19.1. The van der Waals surface area contributed by atoms with Gasteiger partial charge in [-0.1, -0.05) is 6.07 Å². The second-order valence-electron chi connectivity index (χ2n) is 4.94. The van der Waals surface area contributed by atoms with Crippen LogP contribution in [0.4, 0.5) is 8.78 Å². The Morgan fingerprint density at radius 2 is 2.16 bits per heavy atom. The highest BCUT2D eigenvalue weighted by Crippen LogP contribution is 2.19. The molecule has 0 radical (unpaired) electrons. The van der Waals surface area contributed by atoms with Gasteiger partial charge in [-0.2, -0.15) is 5.10 Å². The van der Waals surface area contributed by atoms with Crippen LogP contribution in [0.25, 0.3) is 0 Å². The van der Waals surface area contributed by atoms with Crippen LogP contribution >= 0.6 is 0 Å². The van der Waals surface area contributed by atoms with E-state index < -0.39 is 11.6 Å². The summed E-state index contributed by atoms with van der Waals surface area (Å²) in [5.41, 5.74) is 1.51. The van der Waals surface area contributed by atoms with Gasteiger partial charge in [0.15, 0.2) is 0 Å². The van der Waals surface area contributed by atoms with E-state index in [2.05, 4.69) is 10.4 Å². The summed E-state index contributed by atoms with van der Waals surface area (Å²) in [5, 5.41) is 7.58. The van der Waals surface area contributed by atoms with Crippen LogP contribution in [0.5, 0.6) is 0 Å². The fourth-order valence-corrected chi connectivity index (χ4v) is 1.96. The average Bonchev–Trinajstić information content (AvgIpc) is 3.10. The number of aromatic nitrogens is 2. The van der Waals surface area contributed by atoms with Crippen molar-refractivity contribution in [2.24, 2.45) is 0 Å². The number of nitrogens with one attached hydrogen (secondary N) is 1. The molecule has 100 valence electrons. The predicted octanol–water partition coefficient (Wildman–Crippen LogP) is 2.46. The lowest BCUT2D eigenvalue weighted by Crippen LogP contribution is -2.14. The van der Waals surface area contributed by atoms with Crippen LogP contribution in [0.15, 0.2) is 30.6 Å². The summed E-state index contributed by atoms with van der Waals surface area (Å²) < 4.78 is 28.0. The van der Waals surface area contributed by atoms with E-state index in [0.717, 1.165) is 18.2 Å². The SMILES string of the molecule is Fc1ccc(Cn2cc(CNC3CC3)cn2)c(F)c1. The highest BCUT2D eigenvalue weighted by molar-refractivity contribution is 5.19. The number of nitrogens with zero attached hydrogens (tertiary/aromatic N) is 2. The zero-order chi connectivity index (χ0) is 13.2. The fourth-order valence-electron chi connectivity index (χ4n) is 1.96. The van der Waals surface area contributed by atoms with Crippen LogP contribution in [-0.2, 0) is 13.1 Å². The molecule has 1 aromatic heterocycles. The number of rotatable bonds is 5. The molecule has 0 aliphatic heterocycles. The van der Waals surface area contributed by atoms with Crippen LogP contribution in [0.3, 0.4) is 0 Å². The van der Waals surface area contributed by atoms with Crippen molar-refractivity contribution in [1.29, 1.82) is 0 Å². The zero-order valence-electron chi connectivity index (χ0n) is 10.4. The molecule has 0 atom stereocenters. The van der Waals surface area contributed by atoms with Gasteiger partial charge in [-0.25, -0.2) is 8.78 Å². The molecule has 3 nitrogen and oxygen atoms in total. The van der Waals surface area contributed by atoms with Gasteiger partial charge in [0.2, 0.25) is 0 Å². The maximum Gasteiger partial charge on any atom is 0.131 e. The number of hydrogen-bond donors (Lipinski definition) is 1. The molecule has 1 aliphatic carbocycles. The van der Waals surface area contributed by atoms with E-state index in [-0.39, 0.29) is 0 Å². The standard InChI is InChI=1S/C14H15F2N3/c15-12-2-1-11(14(16)5-12)9-19-8-10(7-18-19)6-17-13-3-4-13/h1-2,5,7-8,13,17H,3-4,6,9H2. The van der Waals surface area contributed by atoms with Crippen molar-refractivity contribution in [2.75, 3.05) is 0 Å². The van der Waals surface area contributed by atoms with E-state index >= 15 is 0 Å². The molecule has 1 aliphatic rings. The average molecular weight is 263 g/mol. The second kappa shape index (κ2) is 5.09. The van der Waals surface area contributed by atoms with Crippen LogP contribution < -0.4 is 5.32 Å². The summed E-state index contributed by atoms with van der Waals surface area (Å²) in [7, 11) is 0. The van der Waals surface area contributed by atoms with Gasteiger partial charge in [0, 0.05) is 36.0 Å². The first-order valence-corrected chi connectivity index (χ1v) is 6.39. The van der Waals surface area contributed by atoms with E-state index in [0.29, 0.717) is 18.2 Å². The number of hydrogen-bond acceptors (Lipinski definition) is 2. The molecule has 0 unspecified atom stereocenters. The van der Waals surface area contributed by atoms with Crippen molar-refractivity contribution < 1.29 is 8.78 Å². The Labute approximate surface area is 110 Å². The first kappa shape index (κ1) is 12.3. The van der Waals surface area contributed by atoms with Gasteiger partial charge >= 0.3 is 0 Å². The normalized spacial score (nSPS) is 14.8. The molecule has 1 saturated carbocycles. The monoisotopic (exact) mass is 263 g/mol. The Hall–Kier alpha value is -1.75. The zero-order valence-corrected chi connectivity index (χ0v) is 10.4. The Balaban J connectivity index is 1.65. The van der Waals surface area contributed by atoms with Crippen molar-refractivity contribution in [3.05, 3.63) is 53.4 Å². The largest absolute Gasteiger partial charge is 0.310 e. The summed E-state index contributed by atoms with van der Waals surface area (Å²) in [6, 6.07) is 4.26. The lowest BCUT2D eigenvalue weighted by molar-refractivity contribution is 0.558. The molecule has 1 aromatic carbocycles. The fraction of sp³-hybridized carbons (Fsp3) is 0.357. The molecule has 2 aromatic rings. The third kappa shape index (κ3) is 3.17. The molecule has 1 fully saturated rings. The van der Waals surface area contributed by atoms with E-state index in [1.54, 1.807) is 10.9 Å². The molecule has 0 amide bonds. The Morgan fingerprint density at radius 1 is 1.32 bits per heavy atom. The molecular formula is C14H15F2N3. The number of benzene rings is 1. The summed E-state index contributed by atoms with van der Waals surface area (Å²) in [4.78, 5) is 0. The molecule has 19 heavy (non-hydrogen) atoms. The van der Waals surface area contributed by atoms with Crippen molar-refractivity contribution in [3.8, 4) is 0 Å². The van der Waals surface area contributed by atoms with Crippen molar-refractivity contribution in [2.45, 2.75) is 32.0 Å². The molecule has 5 heteroatoms.